The van der Waals surface area contributed by atoms with Crippen LogP contribution in [0.15, 0.2) is 12.4 Å². The first-order chi connectivity index (χ1) is 8.22. The van der Waals surface area contributed by atoms with Gasteiger partial charge in [-0.1, -0.05) is 0 Å². The van der Waals surface area contributed by atoms with Crippen LogP contribution in [0.2, 0.25) is 0 Å². The fourth-order valence-corrected chi connectivity index (χ4v) is 1.96. The van der Waals surface area contributed by atoms with Crippen LogP contribution in [-0.2, 0) is 9.53 Å². The zero-order valence-corrected chi connectivity index (χ0v) is 11.5. The van der Waals surface area contributed by atoms with Crippen LogP contribution >= 0.6 is 22.6 Å². The van der Waals surface area contributed by atoms with Gasteiger partial charge in [0.15, 0.2) is 0 Å². The number of hydrogen-bond acceptors (Lipinski definition) is 5. The molecule has 0 bridgehead atoms. The minimum atomic E-state index is -0.353. The van der Waals surface area contributed by atoms with Crippen molar-refractivity contribution in [2.75, 3.05) is 31.7 Å². The van der Waals surface area contributed by atoms with Crippen LogP contribution < -0.4 is 10.2 Å². The molecule has 1 N–H and O–H groups in total. The summed E-state index contributed by atoms with van der Waals surface area (Å²) in [6.07, 6.45) is 3.47. The van der Waals surface area contributed by atoms with E-state index in [1.165, 1.54) is 0 Å². The van der Waals surface area contributed by atoms with Crippen LogP contribution in [0.5, 0.6) is 0 Å². The van der Waals surface area contributed by atoms with E-state index in [1.54, 1.807) is 19.4 Å². The molecule has 0 aromatic carbocycles. The number of carbonyl (C=O) groups is 1. The standard InChI is InChI=1S/C10H13IN4O2/c1-12-9(16)8-6-17-3-2-15(8)10-13-4-7(11)5-14-10/h4-5,8H,2-3,6H2,1H3,(H,12,16). The molecule has 0 spiro atoms. The molecule has 1 aromatic rings. The van der Waals surface area contributed by atoms with Crippen molar-refractivity contribution in [1.82, 2.24) is 15.3 Å². The topological polar surface area (TPSA) is 67.3 Å². The molecule has 0 aliphatic carbocycles. The van der Waals surface area contributed by atoms with Crippen molar-refractivity contribution >= 4 is 34.4 Å². The number of rotatable bonds is 2. The summed E-state index contributed by atoms with van der Waals surface area (Å²) in [6.45, 7) is 1.58. The Kier molecular flexibility index (Phi) is 4.11. The van der Waals surface area contributed by atoms with E-state index in [0.717, 1.165) is 3.57 Å². The van der Waals surface area contributed by atoms with Gasteiger partial charge in [-0.3, -0.25) is 4.79 Å². The van der Waals surface area contributed by atoms with Crippen molar-refractivity contribution in [1.29, 1.82) is 0 Å². The molecular weight excluding hydrogens is 335 g/mol. The van der Waals surface area contributed by atoms with Gasteiger partial charge in [0.2, 0.25) is 11.9 Å². The van der Waals surface area contributed by atoms with E-state index in [9.17, 15) is 4.79 Å². The molecule has 2 heterocycles. The van der Waals surface area contributed by atoms with Crippen molar-refractivity contribution in [2.24, 2.45) is 0 Å². The minimum absolute atomic E-state index is 0.0770. The molecule has 1 fully saturated rings. The van der Waals surface area contributed by atoms with Crippen molar-refractivity contribution in [2.45, 2.75) is 6.04 Å². The third kappa shape index (κ3) is 2.83. The van der Waals surface area contributed by atoms with Gasteiger partial charge in [-0.25, -0.2) is 9.97 Å². The number of morpholine rings is 1. The van der Waals surface area contributed by atoms with E-state index < -0.39 is 0 Å². The fraction of sp³-hybridized carbons (Fsp3) is 0.500. The molecule has 1 aliphatic heterocycles. The summed E-state index contributed by atoms with van der Waals surface area (Å²) < 4.78 is 6.29. The molecule has 7 heteroatoms. The lowest BCUT2D eigenvalue weighted by Gasteiger charge is -2.34. The van der Waals surface area contributed by atoms with Crippen LogP contribution in [0.25, 0.3) is 0 Å². The second kappa shape index (κ2) is 5.58. The molecule has 92 valence electrons. The van der Waals surface area contributed by atoms with E-state index in [0.29, 0.717) is 25.7 Å². The normalized spacial score (nSPS) is 20.1. The lowest BCUT2D eigenvalue weighted by Crippen LogP contribution is -2.54. The molecule has 0 saturated carbocycles. The Morgan fingerprint density at radius 1 is 1.59 bits per heavy atom. The number of nitrogens with zero attached hydrogens (tertiary/aromatic N) is 3. The Labute approximate surface area is 113 Å². The van der Waals surface area contributed by atoms with Crippen LogP contribution in [0, 0.1) is 3.57 Å². The Balaban J connectivity index is 2.21. The second-order valence-electron chi connectivity index (χ2n) is 3.60. The highest BCUT2D eigenvalue weighted by molar-refractivity contribution is 14.1. The molecule has 6 nitrogen and oxygen atoms in total. The summed E-state index contributed by atoms with van der Waals surface area (Å²) in [6, 6.07) is -0.353. The van der Waals surface area contributed by atoms with Gasteiger partial charge in [-0.05, 0) is 22.6 Å². The summed E-state index contributed by atoms with van der Waals surface area (Å²) in [5, 5.41) is 2.63. The highest BCUT2D eigenvalue weighted by Gasteiger charge is 2.30. The van der Waals surface area contributed by atoms with Crippen LogP contribution in [0.3, 0.4) is 0 Å². The van der Waals surface area contributed by atoms with Gasteiger partial charge in [0.25, 0.3) is 0 Å². The molecule has 1 aliphatic rings. The highest BCUT2D eigenvalue weighted by Crippen LogP contribution is 2.15. The third-order valence-electron chi connectivity index (χ3n) is 2.54. The molecule has 2 rings (SSSR count). The zero-order chi connectivity index (χ0) is 12.3. The average Bonchev–Trinajstić information content (AvgIpc) is 2.39. The quantitative estimate of drug-likeness (QED) is 0.764. The van der Waals surface area contributed by atoms with E-state index in [4.69, 9.17) is 4.74 Å². The van der Waals surface area contributed by atoms with Crippen LogP contribution in [0.4, 0.5) is 5.95 Å². The maximum atomic E-state index is 11.7. The van der Waals surface area contributed by atoms with Crippen LogP contribution in [0.1, 0.15) is 0 Å². The van der Waals surface area contributed by atoms with Gasteiger partial charge in [0.05, 0.1) is 13.2 Å². The summed E-state index contributed by atoms with van der Waals surface area (Å²) >= 11 is 2.15. The monoisotopic (exact) mass is 348 g/mol. The number of carbonyl (C=O) groups excluding carboxylic acids is 1. The maximum Gasteiger partial charge on any atom is 0.244 e. The van der Waals surface area contributed by atoms with Gasteiger partial charge >= 0.3 is 0 Å². The Morgan fingerprint density at radius 3 is 2.94 bits per heavy atom. The largest absolute Gasteiger partial charge is 0.377 e. The number of halogens is 1. The van der Waals surface area contributed by atoms with Crippen LogP contribution in [-0.4, -0.2) is 48.7 Å². The lowest BCUT2D eigenvalue weighted by molar-refractivity contribution is -0.124. The Bertz CT molecular complexity index is 398. The third-order valence-corrected chi connectivity index (χ3v) is 3.10. The first-order valence-corrected chi connectivity index (χ1v) is 6.34. The SMILES string of the molecule is CNC(=O)C1COCCN1c1ncc(I)cn1. The predicted octanol–water partition coefficient (Wildman–Crippen LogP) is 0.0324. The number of anilines is 1. The van der Waals surface area contributed by atoms with Gasteiger partial charge in [0, 0.05) is 29.6 Å². The molecule has 1 saturated heterocycles. The number of nitrogens with one attached hydrogen (secondary N) is 1. The lowest BCUT2D eigenvalue weighted by atomic mass is 10.2. The number of aromatic nitrogens is 2. The van der Waals surface area contributed by atoms with Gasteiger partial charge in [-0.2, -0.15) is 0 Å². The van der Waals surface area contributed by atoms with Gasteiger partial charge < -0.3 is 15.0 Å². The number of ether oxygens (including phenoxy) is 1. The minimum Gasteiger partial charge on any atom is -0.377 e. The smallest absolute Gasteiger partial charge is 0.244 e. The number of amides is 1. The van der Waals surface area contributed by atoms with E-state index in [-0.39, 0.29) is 11.9 Å². The molecule has 1 amide bonds. The van der Waals surface area contributed by atoms with Crippen molar-refractivity contribution in [3.8, 4) is 0 Å². The molecule has 1 aromatic heterocycles. The van der Waals surface area contributed by atoms with E-state index in [1.807, 2.05) is 4.90 Å². The molecule has 1 atom stereocenters. The molecular formula is C10H13IN4O2. The molecule has 17 heavy (non-hydrogen) atoms. The number of hydrogen-bond donors (Lipinski definition) is 1. The fourth-order valence-electron chi connectivity index (χ4n) is 1.68. The number of likely N-dealkylation sites (N-methyl/N-ethyl adjacent to an activating group) is 1. The second-order valence-corrected chi connectivity index (χ2v) is 4.85. The molecule has 1 unspecified atom stereocenters. The van der Waals surface area contributed by atoms with E-state index in [2.05, 4.69) is 37.9 Å². The summed E-state index contributed by atoms with van der Waals surface area (Å²) in [4.78, 5) is 22.1. The summed E-state index contributed by atoms with van der Waals surface area (Å²) in [7, 11) is 1.61. The maximum absolute atomic E-state index is 11.7. The first-order valence-electron chi connectivity index (χ1n) is 5.26. The zero-order valence-electron chi connectivity index (χ0n) is 9.39. The van der Waals surface area contributed by atoms with E-state index >= 15 is 0 Å². The average molecular weight is 348 g/mol. The van der Waals surface area contributed by atoms with Gasteiger partial charge in [0.1, 0.15) is 6.04 Å². The van der Waals surface area contributed by atoms with Crippen molar-refractivity contribution < 1.29 is 9.53 Å². The van der Waals surface area contributed by atoms with Crippen molar-refractivity contribution in [3.05, 3.63) is 16.0 Å². The summed E-state index contributed by atoms with van der Waals surface area (Å²) in [5.74, 6) is 0.495. The predicted molar refractivity (Wildman–Crippen MR) is 70.8 cm³/mol. The van der Waals surface area contributed by atoms with Crippen molar-refractivity contribution in [3.63, 3.8) is 0 Å². The highest BCUT2D eigenvalue weighted by atomic mass is 127. The Hall–Kier alpha value is -0.960. The first kappa shape index (κ1) is 12.5. The molecule has 0 radical (unpaired) electrons. The summed E-state index contributed by atoms with van der Waals surface area (Å²) in [5.41, 5.74) is 0. The van der Waals surface area contributed by atoms with Gasteiger partial charge in [-0.15, -0.1) is 0 Å². The Morgan fingerprint density at radius 2 is 2.29 bits per heavy atom.